The topological polar surface area (TPSA) is 146 Å². The molecule has 0 radical (unpaired) electrons. The molecule has 9 nitrogen and oxygen atoms in total. The van der Waals surface area contributed by atoms with Crippen LogP contribution in [-0.2, 0) is 16.1 Å². The Kier molecular flexibility index (Phi) is 6.68. The predicted molar refractivity (Wildman–Crippen MR) is 98.1 cm³/mol. The number of aliphatic hydroxyl groups is 4. The van der Waals surface area contributed by atoms with E-state index in [-0.39, 0.29) is 23.7 Å². The highest BCUT2D eigenvalue weighted by Crippen LogP contribution is 2.29. The van der Waals surface area contributed by atoms with Crippen molar-refractivity contribution in [1.29, 1.82) is 0 Å². The molecule has 1 heterocycles. The Labute approximate surface area is 166 Å². The van der Waals surface area contributed by atoms with Gasteiger partial charge in [0.25, 0.3) is 0 Å². The molecule has 0 amide bonds. The summed E-state index contributed by atoms with van der Waals surface area (Å²) in [5.74, 6) is -0.558. The Morgan fingerprint density at radius 2 is 1.72 bits per heavy atom. The van der Waals surface area contributed by atoms with Crippen molar-refractivity contribution in [3.8, 4) is 11.5 Å². The van der Waals surface area contributed by atoms with Crippen LogP contribution in [0.15, 0.2) is 48.5 Å². The molecule has 5 atom stereocenters. The number of aliphatic hydroxyl groups excluding tert-OH is 4. The Hall–Kier alpha value is -2.69. The van der Waals surface area contributed by atoms with Gasteiger partial charge in [0.15, 0.2) is 0 Å². The monoisotopic (exact) mass is 406 g/mol. The van der Waals surface area contributed by atoms with Crippen LogP contribution in [0.2, 0.25) is 0 Å². The first kappa shape index (κ1) is 21.0. The van der Waals surface area contributed by atoms with Gasteiger partial charge in [-0.05, 0) is 30.3 Å². The number of phenolic OH excluding ortho intramolecular Hbond substituents is 1. The summed E-state index contributed by atoms with van der Waals surface area (Å²) in [6.45, 7) is -0.836. The van der Waals surface area contributed by atoms with E-state index in [1.165, 1.54) is 18.2 Å². The molecule has 0 aliphatic carbocycles. The number of aromatic hydroxyl groups is 1. The summed E-state index contributed by atoms with van der Waals surface area (Å²) in [4.78, 5) is 12.1. The van der Waals surface area contributed by atoms with E-state index in [1.54, 1.807) is 30.3 Å². The van der Waals surface area contributed by atoms with E-state index in [0.717, 1.165) is 0 Å². The maximum atomic E-state index is 12.1. The van der Waals surface area contributed by atoms with Crippen LogP contribution in [0.3, 0.4) is 0 Å². The van der Waals surface area contributed by atoms with Crippen molar-refractivity contribution in [2.24, 2.45) is 0 Å². The third kappa shape index (κ3) is 4.84. The molecule has 156 valence electrons. The summed E-state index contributed by atoms with van der Waals surface area (Å²) in [6, 6.07) is 12.4. The van der Waals surface area contributed by atoms with Crippen molar-refractivity contribution < 1.29 is 44.5 Å². The first-order valence-electron chi connectivity index (χ1n) is 8.92. The molecule has 1 saturated heterocycles. The van der Waals surface area contributed by atoms with Crippen molar-refractivity contribution in [2.45, 2.75) is 37.3 Å². The maximum absolute atomic E-state index is 12.1. The summed E-state index contributed by atoms with van der Waals surface area (Å²) >= 11 is 0. The number of carbonyl (C=O) groups excluding carboxylic acids is 1. The van der Waals surface area contributed by atoms with Gasteiger partial charge in [-0.2, -0.15) is 0 Å². The van der Waals surface area contributed by atoms with E-state index >= 15 is 0 Å². The van der Waals surface area contributed by atoms with Gasteiger partial charge in [0.1, 0.15) is 42.5 Å². The number of carbonyl (C=O) groups is 1. The minimum atomic E-state index is -1.60. The smallest absolute Gasteiger partial charge is 0.338 e. The average molecular weight is 406 g/mol. The lowest BCUT2D eigenvalue weighted by molar-refractivity contribution is -0.277. The van der Waals surface area contributed by atoms with Gasteiger partial charge in [0.2, 0.25) is 6.29 Å². The number of rotatable bonds is 6. The Bertz CT molecular complexity index is 824. The second-order valence-corrected chi connectivity index (χ2v) is 6.55. The lowest BCUT2D eigenvalue weighted by atomic mass is 9.99. The first-order valence-corrected chi connectivity index (χ1v) is 8.92. The molecule has 0 unspecified atom stereocenters. The number of benzene rings is 2. The van der Waals surface area contributed by atoms with Crippen LogP contribution in [0.5, 0.6) is 11.5 Å². The second kappa shape index (κ2) is 9.21. The molecule has 3 rings (SSSR count). The number of esters is 1. The maximum Gasteiger partial charge on any atom is 0.338 e. The summed E-state index contributed by atoms with van der Waals surface area (Å²) in [5.41, 5.74) is 0.635. The van der Waals surface area contributed by atoms with Gasteiger partial charge in [-0.25, -0.2) is 4.79 Å². The fraction of sp³-hybridized carbons (Fsp3) is 0.350. The lowest BCUT2D eigenvalue weighted by Gasteiger charge is -2.39. The molecule has 2 aromatic carbocycles. The zero-order chi connectivity index (χ0) is 21.0. The molecule has 9 heteroatoms. The number of hydrogen-bond acceptors (Lipinski definition) is 9. The van der Waals surface area contributed by atoms with E-state index in [4.69, 9.17) is 14.2 Å². The molecule has 0 bridgehead atoms. The van der Waals surface area contributed by atoms with Gasteiger partial charge in [-0.3, -0.25) is 0 Å². The van der Waals surface area contributed by atoms with Crippen molar-refractivity contribution in [3.63, 3.8) is 0 Å². The summed E-state index contributed by atoms with van der Waals surface area (Å²) in [7, 11) is 0. The van der Waals surface area contributed by atoms with E-state index in [2.05, 4.69) is 0 Å². The lowest BCUT2D eigenvalue weighted by Crippen LogP contribution is -2.60. The van der Waals surface area contributed by atoms with Crippen LogP contribution in [0.1, 0.15) is 15.9 Å². The molecule has 0 aromatic heterocycles. The molecular formula is C20H22O9. The summed E-state index contributed by atoms with van der Waals surface area (Å²) in [6.07, 6.45) is -7.24. The van der Waals surface area contributed by atoms with E-state index in [0.29, 0.717) is 5.56 Å². The minimum Gasteiger partial charge on any atom is -0.508 e. The van der Waals surface area contributed by atoms with Gasteiger partial charge in [-0.1, -0.05) is 18.2 Å². The SMILES string of the molecule is O=C(OCc1cc(O)ccc1O[C@@H]1O[C@H](CO)[C@@H](O)[C@@H](O)[C@@H]1O)c1ccccc1. The van der Waals surface area contributed by atoms with Crippen molar-refractivity contribution >= 4 is 5.97 Å². The quantitative estimate of drug-likeness (QED) is 0.416. The molecule has 1 aliphatic heterocycles. The highest BCUT2D eigenvalue weighted by atomic mass is 16.7. The molecule has 0 saturated carbocycles. The number of ether oxygens (including phenoxy) is 3. The zero-order valence-electron chi connectivity index (χ0n) is 15.3. The normalized spacial score (nSPS) is 26.7. The van der Waals surface area contributed by atoms with E-state index < -0.39 is 43.3 Å². The van der Waals surface area contributed by atoms with Gasteiger partial charge in [0, 0.05) is 5.56 Å². The third-order valence-corrected chi connectivity index (χ3v) is 4.50. The largest absolute Gasteiger partial charge is 0.508 e. The third-order valence-electron chi connectivity index (χ3n) is 4.50. The van der Waals surface area contributed by atoms with Crippen LogP contribution < -0.4 is 4.74 Å². The summed E-state index contributed by atoms with van der Waals surface area (Å²) < 4.78 is 16.1. The van der Waals surface area contributed by atoms with Crippen LogP contribution >= 0.6 is 0 Å². The highest BCUT2D eigenvalue weighted by Gasteiger charge is 2.44. The molecule has 1 aliphatic rings. The Balaban J connectivity index is 1.74. The van der Waals surface area contributed by atoms with Crippen molar-refractivity contribution in [1.82, 2.24) is 0 Å². The molecule has 0 spiro atoms. The Morgan fingerprint density at radius 3 is 2.41 bits per heavy atom. The standard InChI is InChI=1S/C20H22O9/c21-9-15-16(23)17(24)18(25)20(29-15)28-14-7-6-13(22)8-12(14)10-27-19(26)11-4-2-1-3-5-11/h1-8,15-18,20-25H,9-10H2/t15-,16-,17-,18+,20-/m1/s1. The van der Waals surface area contributed by atoms with Gasteiger partial charge < -0.3 is 39.7 Å². The van der Waals surface area contributed by atoms with E-state index in [9.17, 15) is 30.3 Å². The molecular weight excluding hydrogens is 384 g/mol. The number of hydrogen-bond donors (Lipinski definition) is 5. The molecule has 5 N–H and O–H groups in total. The van der Waals surface area contributed by atoms with Crippen molar-refractivity contribution in [3.05, 3.63) is 59.7 Å². The first-order chi connectivity index (χ1) is 13.9. The second-order valence-electron chi connectivity index (χ2n) is 6.55. The van der Waals surface area contributed by atoms with Gasteiger partial charge >= 0.3 is 5.97 Å². The van der Waals surface area contributed by atoms with E-state index in [1.807, 2.05) is 0 Å². The fourth-order valence-electron chi connectivity index (χ4n) is 2.88. The highest BCUT2D eigenvalue weighted by molar-refractivity contribution is 5.89. The van der Waals surface area contributed by atoms with Gasteiger partial charge in [0.05, 0.1) is 12.2 Å². The molecule has 2 aromatic rings. The zero-order valence-corrected chi connectivity index (χ0v) is 15.3. The average Bonchev–Trinajstić information content (AvgIpc) is 2.74. The number of phenols is 1. The van der Waals surface area contributed by atoms with Gasteiger partial charge in [-0.15, -0.1) is 0 Å². The predicted octanol–water partition coefficient (Wildman–Crippen LogP) is -0.0721. The Morgan fingerprint density at radius 1 is 1.00 bits per heavy atom. The van der Waals surface area contributed by atoms with Crippen LogP contribution in [-0.4, -0.2) is 68.8 Å². The van der Waals surface area contributed by atoms with Crippen LogP contribution in [0.4, 0.5) is 0 Å². The minimum absolute atomic E-state index is 0.100. The van der Waals surface area contributed by atoms with Crippen LogP contribution in [0, 0.1) is 0 Å². The van der Waals surface area contributed by atoms with Crippen LogP contribution in [0.25, 0.3) is 0 Å². The fourth-order valence-corrected chi connectivity index (χ4v) is 2.88. The molecule has 1 fully saturated rings. The summed E-state index contributed by atoms with van der Waals surface area (Å²) in [5, 5.41) is 48.9. The van der Waals surface area contributed by atoms with Crippen molar-refractivity contribution in [2.75, 3.05) is 6.61 Å². The molecule has 29 heavy (non-hydrogen) atoms.